The number of hydrogen-bond donors (Lipinski definition) is 2. The summed E-state index contributed by atoms with van der Waals surface area (Å²) in [6.45, 7) is 7.39. The minimum atomic E-state index is -0.0214. The molecule has 0 unspecified atom stereocenters. The van der Waals surface area contributed by atoms with Crippen molar-refractivity contribution in [3.8, 4) is 5.75 Å². The Labute approximate surface area is 136 Å². The van der Waals surface area contributed by atoms with E-state index in [0.29, 0.717) is 18.3 Å². The van der Waals surface area contributed by atoms with E-state index in [4.69, 9.17) is 4.74 Å². The summed E-state index contributed by atoms with van der Waals surface area (Å²) in [7, 11) is 0. The number of pyridine rings is 1. The van der Waals surface area contributed by atoms with Gasteiger partial charge in [0.15, 0.2) is 0 Å². The van der Waals surface area contributed by atoms with Crippen LogP contribution in [0.1, 0.15) is 49.5 Å². The second kappa shape index (κ2) is 6.68. The Morgan fingerprint density at radius 2 is 2.22 bits per heavy atom. The highest BCUT2D eigenvalue weighted by Crippen LogP contribution is 2.30. The maximum absolute atomic E-state index is 9.93. The van der Waals surface area contributed by atoms with Gasteiger partial charge in [0.2, 0.25) is 0 Å². The first-order valence-electron chi connectivity index (χ1n) is 8.10. The van der Waals surface area contributed by atoms with Gasteiger partial charge in [0, 0.05) is 37.1 Å². The Bertz CT molecular complexity index is 668. The molecule has 0 aromatic carbocycles. The molecule has 0 saturated carbocycles. The number of aromatic nitrogens is 3. The van der Waals surface area contributed by atoms with Crippen molar-refractivity contribution < 1.29 is 9.84 Å². The van der Waals surface area contributed by atoms with Crippen molar-refractivity contribution in [3.05, 3.63) is 41.5 Å². The van der Waals surface area contributed by atoms with Crippen LogP contribution >= 0.6 is 0 Å². The monoisotopic (exact) mass is 316 g/mol. The predicted octanol–water partition coefficient (Wildman–Crippen LogP) is 2.49. The van der Waals surface area contributed by atoms with E-state index in [2.05, 4.69) is 29.2 Å². The SMILES string of the molecule is Cc1ccc(O)c(CN[C@H]2CCO[C@@H]2c2ccnn2C(C)C)n1. The topological polar surface area (TPSA) is 72.2 Å². The fourth-order valence-electron chi connectivity index (χ4n) is 3.03. The van der Waals surface area contributed by atoms with Crippen LogP contribution in [0.5, 0.6) is 5.75 Å². The molecular formula is C17H24N4O2. The van der Waals surface area contributed by atoms with Crippen molar-refractivity contribution in [3.63, 3.8) is 0 Å². The third-order valence-corrected chi connectivity index (χ3v) is 4.19. The highest BCUT2D eigenvalue weighted by molar-refractivity contribution is 5.27. The van der Waals surface area contributed by atoms with Crippen molar-refractivity contribution in [1.82, 2.24) is 20.1 Å². The highest BCUT2D eigenvalue weighted by Gasteiger charge is 2.32. The third kappa shape index (κ3) is 3.38. The number of rotatable bonds is 5. The summed E-state index contributed by atoms with van der Waals surface area (Å²) >= 11 is 0. The Morgan fingerprint density at radius 3 is 3.00 bits per heavy atom. The maximum Gasteiger partial charge on any atom is 0.138 e. The largest absolute Gasteiger partial charge is 0.506 e. The van der Waals surface area contributed by atoms with Crippen molar-refractivity contribution in [2.45, 2.75) is 51.9 Å². The van der Waals surface area contributed by atoms with Crippen LogP contribution in [0.15, 0.2) is 24.4 Å². The molecule has 0 amide bonds. The Hall–Kier alpha value is -1.92. The van der Waals surface area contributed by atoms with E-state index < -0.39 is 0 Å². The average molecular weight is 316 g/mol. The lowest BCUT2D eigenvalue weighted by molar-refractivity contribution is 0.0898. The lowest BCUT2D eigenvalue weighted by Crippen LogP contribution is -2.32. The molecule has 0 bridgehead atoms. The van der Waals surface area contributed by atoms with Gasteiger partial charge in [0.1, 0.15) is 11.9 Å². The maximum atomic E-state index is 9.93. The van der Waals surface area contributed by atoms with E-state index in [1.54, 1.807) is 6.07 Å². The molecule has 2 atom stereocenters. The average Bonchev–Trinajstić information content (AvgIpc) is 3.15. The number of aromatic hydroxyl groups is 1. The molecule has 0 radical (unpaired) electrons. The molecule has 2 aromatic heterocycles. The van der Waals surface area contributed by atoms with Gasteiger partial charge in [-0.15, -0.1) is 0 Å². The van der Waals surface area contributed by atoms with Crippen LogP contribution in [-0.2, 0) is 11.3 Å². The third-order valence-electron chi connectivity index (χ3n) is 4.19. The lowest BCUT2D eigenvalue weighted by atomic mass is 10.1. The van der Waals surface area contributed by atoms with Crippen molar-refractivity contribution >= 4 is 0 Å². The molecule has 23 heavy (non-hydrogen) atoms. The summed E-state index contributed by atoms with van der Waals surface area (Å²) in [5.41, 5.74) is 2.67. The fourth-order valence-corrected chi connectivity index (χ4v) is 3.03. The number of hydrogen-bond acceptors (Lipinski definition) is 5. The van der Waals surface area contributed by atoms with E-state index in [1.807, 2.05) is 29.9 Å². The zero-order valence-corrected chi connectivity index (χ0v) is 13.9. The fraction of sp³-hybridized carbons (Fsp3) is 0.529. The molecule has 2 N–H and O–H groups in total. The second-order valence-corrected chi connectivity index (χ2v) is 6.28. The quantitative estimate of drug-likeness (QED) is 0.887. The molecule has 1 aliphatic rings. The van der Waals surface area contributed by atoms with Gasteiger partial charge in [-0.25, -0.2) is 0 Å². The molecule has 0 spiro atoms. The normalized spacial score (nSPS) is 21.2. The van der Waals surface area contributed by atoms with Gasteiger partial charge >= 0.3 is 0 Å². The van der Waals surface area contributed by atoms with E-state index in [0.717, 1.165) is 24.4 Å². The molecule has 0 aliphatic carbocycles. The summed E-state index contributed by atoms with van der Waals surface area (Å²) < 4.78 is 7.94. The van der Waals surface area contributed by atoms with Crippen LogP contribution in [0.2, 0.25) is 0 Å². The number of ether oxygens (including phenoxy) is 1. The van der Waals surface area contributed by atoms with Crippen molar-refractivity contribution in [2.24, 2.45) is 0 Å². The Kier molecular flexibility index (Phi) is 4.63. The molecule has 3 heterocycles. The molecule has 1 fully saturated rings. The molecule has 6 heteroatoms. The summed E-state index contributed by atoms with van der Waals surface area (Å²) in [6.07, 6.45) is 2.73. The molecule has 1 aliphatic heterocycles. The summed E-state index contributed by atoms with van der Waals surface area (Å²) in [4.78, 5) is 4.40. The van der Waals surface area contributed by atoms with Gasteiger partial charge in [-0.2, -0.15) is 5.10 Å². The minimum Gasteiger partial charge on any atom is -0.506 e. The highest BCUT2D eigenvalue weighted by atomic mass is 16.5. The van der Waals surface area contributed by atoms with Crippen LogP contribution in [0, 0.1) is 6.92 Å². The van der Waals surface area contributed by atoms with Crippen LogP contribution in [0.25, 0.3) is 0 Å². The van der Waals surface area contributed by atoms with Gasteiger partial charge in [-0.3, -0.25) is 9.67 Å². The standard InChI is InChI=1S/C17H24N4O2/c1-11(2)21-15(6-8-19-21)17-13(7-9-23-17)18-10-14-16(22)5-4-12(3)20-14/h4-6,8,11,13,17-18,22H,7,9-10H2,1-3H3/t13-,17-/m0/s1. The number of nitrogens with one attached hydrogen (secondary N) is 1. The molecule has 2 aromatic rings. The molecule has 1 saturated heterocycles. The second-order valence-electron chi connectivity index (χ2n) is 6.28. The van der Waals surface area contributed by atoms with Crippen LogP contribution in [-0.4, -0.2) is 32.5 Å². The van der Waals surface area contributed by atoms with E-state index >= 15 is 0 Å². The predicted molar refractivity (Wildman–Crippen MR) is 87.2 cm³/mol. The van der Waals surface area contributed by atoms with Crippen LogP contribution in [0.4, 0.5) is 0 Å². The van der Waals surface area contributed by atoms with E-state index in [-0.39, 0.29) is 17.9 Å². The molecule has 3 rings (SSSR count). The van der Waals surface area contributed by atoms with Crippen LogP contribution < -0.4 is 5.32 Å². The zero-order valence-electron chi connectivity index (χ0n) is 13.9. The van der Waals surface area contributed by atoms with Gasteiger partial charge in [0.25, 0.3) is 0 Å². The molecule has 6 nitrogen and oxygen atoms in total. The Morgan fingerprint density at radius 1 is 1.39 bits per heavy atom. The van der Waals surface area contributed by atoms with Gasteiger partial charge in [-0.05, 0) is 45.4 Å². The van der Waals surface area contributed by atoms with Crippen LogP contribution in [0.3, 0.4) is 0 Å². The first-order valence-corrected chi connectivity index (χ1v) is 8.10. The first-order chi connectivity index (χ1) is 11.1. The summed E-state index contributed by atoms with van der Waals surface area (Å²) in [6, 6.07) is 6.00. The molecule has 124 valence electrons. The number of aryl methyl sites for hydroxylation is 1. The van der Waals surface area contributed by atoms with Gasteiger partial charge < -0.3 is 15.2 Å². The van der Waals surface area contributed by atoms with Gasteiger partial charge in [0.05, 0.1) is 11.4 Å². The number of nitrogens with zero attached hydrogens (tertiary/aromatic N) is 3. The zero-order chi connectivity index (χ0) is 16.4. The van der Waals surface area contributed by atoms with Gasteiger partial charge in [-0.1, -0.05) is 0 Å². The Balaban J connectivity index is 1.72. The van der Waals surface area contributed by atoms with E-state index in [9.17, 15) is 5.11 Å². The summed E-state index contributed by atoms with van der Waals surface area (Å²) in [5, 5.41) is 17.8. The summed E-state index contributed by atoms with van der Waals surface area (Å²) in [5.74, 6) is 0.228. The first kappa shape index (κ1) is 16.0. The lowest BCUT2D eigenvalue weighted by Gasteiger charge is -2.22. The smallest absolute Gasteiger partial charge is 0.138 e. The van der Waals surface area contributed by atoms with Crippen molar-refractivity contribution in [1.29, 1.82) is 0 Å². The van der Waals surface area contributed by atoms with Crippen molar-refractivity contribution in [2.75, 3.05) is 6.61 Å². The van der Waals surface area contributed by atoms with E-state index in [1.165, 1.54) is 0 Å². The molecular weight excluding hydrogens is 292 g/mol. The minimum absolute atomic E-state index is 0.0214.